The van der Waals surface area contributed by atoms with Crippen LogP contribution in [0.25, 0.3) is 5.95 Å². The van der Waals surface area contributed by atoms with E-state index in [4.69, 9.17) is 5.73 Å². The van der Waals surface area contributed by atoms with Gasteiger partial charge in [-0.2, -0.15) is 22.8 Å². The van der Waals surface area contributed by atoms with Crippen molar-refractivity contribution in [3.8, 4) is 5.95 Å². The first-order chi connectivity index (χ1) is 11.3. The lowest BCUT2D eigenvalue weighted by Gasteiger charge is -2.09. The Labute approximate surface area is 133 Å². The van der Waals surface area contributed by atoms with E-state index < -0.39 is 17.9 Å². The molecule has 0 bridgehead atoms. The van der Waals surface area contributed by atoms with Crippen molar-refractivity contribution >= 4 is 5.91 Å². The minimum Gasteiger partial charge on any atom is -0.348 e. The van der Waals surface area contributed by atoms with E-state index in [1.807, 2.05) is 0 Å². The van der Waals surface area contributed by atoms with E-state index >= 15 is 0 Å². The van der Waals surface area contributed by atoms with Gasteiger partial charge in [-0.05, 0) is 25.7 Å². The summed E-state index contributed by atoms with van der Waals surface area (Å²) in [6, 6.07) is -0.125. The van der Waals surface area contributed by atoms with Crippen molar-refractivity contribution in [2.24, 2.45) is 11.7 Å². The molecular formula is C12H15F3N8O. The zero-order chi connectivity index (χ0) is 17.5. The second-order valence-corrected chi connectivity index (χ2v) is 5.59. The van der Waals surface area contributed by atoms with Gasteiger partial charge in [0.05, 0.1) is 0 Å². The summed E-state index contributed by atoms with van der Waals surface area (Å²) in [5, 5.41) is 11.7. The fourth-order valence-electron chi connectivity index (χ4n) is 2.13. The summed E-state index contributed by atoms with van der Waals surface area (Å²) < 4.78 is 38.6. The number of nitrogens with zero attached hydrogens (tertiary/aromatic N) is 5. The normalized spacial score (nSPS) is 16.2. The maximum atomic E-state index is 12.5. The molecule has 24 heavy (non-hydrogen) atoms. The number of nitrogens with one attached hydrogen (secondary N) is 2. The van der Waals surface area contributed by atoms with E-state index in [0.717, 1.165) is 17.5 Å². The number of hydrogen-bond acceptors (Lipinski definition) is 6. The van der Waals surface area contributed by atoms with E-state index in [1.165, 1.54) is 6.92 Å². The van der Waals surface area contributed by atoms with Crippen LogP contribution in [0.5, 0.6) is 0 Å². The summed E-state index contributed by atoms with van der Waals surface area (Å²) in [6.07, 6.45) is -2.55. The first-order valence-corrected chi connectivity index (χ1v) is 7.23. The molecule has 2 aromatic rings. The number of alkyl halides is 3. The van der Waals surface area contributed by atoms with Crippen LogP contribution < -0.4 is 11.1 Å². The van der Waals surface area contributed by atoms with Crippen LogP contribution in [0.3, 0.4) is 0 Å². The van der Waals surface area contributed by atoms with Gasteiger partial charge in [-0.15, -0.1) is 10.2 Å². The third-order valence-electron chi connectivity index (χ3n) is 3.63. The fourth-order valence-corrected chi connectivity index (χ4v) is 2.13. The van der Waals surface area contributed by atoms with Gasteiger partial charge in [-0.25, -0.2) is 4.98 Å². The Morgan fingerprint density at radius 1 is 1.46 bits per heavy atom. The molecule has 0 saturated heterocycles. The van der Waals surface area contributed by atoms with Crippen molar-refractivity contribution in [1.82, 2.24) is 35.3 Å². The highest BCUT2D eigenvalue weighted by molar-refractivity contribution is 5.90. The predicted octanol–water partition coefficient (Wildman–Crippen LogP) is 0.180. The predicted molar refractivity (Wildman–Crippen MR) is 74.1 cm³/mol. The number of halogens is 3. The number of carbonyl (C=O) groups excluding carboxylic acids is 1. The molecule has 1 aliphatic carbocycles. The molecule has 9 nitrogen and oxygen atoms in total. The zero-order valence-corrected chi connectivity index (χ0v) is 12.6. The maximum Gasteiger partial charge on any atom is 0.451 e. The van der Waals surface area contributed by atoms with Crippen LogP contribution in [-0.2, 0) is 6.18 Å². The van der Waals surface area contributed by atoms with E-state index in [0.29, 0.717) is 5.92 Å². The summed E-state index contributed by atoms with van der Waals surface area (Å²) in [6.45, 7) is 1.76. The second kappa shape index (κ2) is 5.85. The summed E-state index contributed by atoms with van der Waals surface area (Å²) in [4.78, 5) is 19.2. The van der Waals surface area contributed by atoms with E-state index in [1.54, 1.807) is 5.10 Å². The van der Waals surface area contributed by atoms with E-state index in [9.17, 15) is 18.0 Å². The topological polar surface area (TPSA) is 127 Å². The Hall–Kier alpha value is -2.50. The quantitative estimate of drug-likeness (QED) is 0.710. The number of H-pyrrole nitrogens is 1. The molecule has 3 rings (SSSR count). The van der Waals surface area contributed by atoms with Gasteiger partial charge in [0.2, 0.25) is 11.6 Å². The van der Waals surface area contributed by atoms with Crippen molar-refractivity contribution in [3.05, 3.63) is 17.5 Å². The van der Waals surface area contributed by atoms with Crippen LogP contribution in [0.15, 0.2) is 0 Å². The minimum atomic E-state index is -4.65. The average molecular weight is 344 g/mol. The Kier molecular flexibility index (Phi) is 3.99. The molecule has 130 valence electrons. The first kappa shape index (κ1) is 16.4. The molecule has 0 radical (unpaired) electrons. The molecular weight excluding hydrogens is 329 g/mol. The Balaban J connectivity index is 1.72. The Morgan fingerprint density at radius 2 is 2.17 bits per heavy atom. The molecule has 2 heterocycles. The molecule has 0 aromatic carbocycles. The Bertz CT molecular complexity index is 748. The van der Waals surface area contributed by atoms with Gasteiger partial charge < -0.3 is 11.1 Å². The lowest BCUT2D eigenvalue weighted by molar-refractivity contribution is -0.144. The fraction of sp³-hybridized carbons (Fsp3) is 0.583. The number of rotatable bonds is 5. The second-order valence-electron chi connectivity index (χ2n) is 5.59. The highest BCUT2D eigenvalue weighted by atomic mass is 19.4. The monoisotopic (exact) mass is 344 g/mol. The number of aryl methyl sites for hydroxylation is 1. The van der Waals surface area contributed by atoms with Crippen molar-refractivity contribution in [3.63, 3.8) is 0 Å². The van der Waals surface area contributed by atoms with Crippen LogP contribution in [0.4, 0.5) is 13.2 Å². The minimum absolute atomic E-state index is 0.125. The highest BCUT2D eigenvalue weighted by Gasteiger charge is 2.36. The van der Waals surface area contributed by atoms with Crippen LogP contribution in [0.1, 0.15) is 35.1 Å². The number of nitrogens with two attached hydrogens (primary N) is 1. The highest BCUT2D eigenvalue weighted by Crippen LogP contribution is 2.31. The lowest BCUT2D eigenvalue weighted by atomic mass is 10.2. The number of carbonyl (C=O) groups is 1. The van der Waals surface area contributed by atoms with Crippen LogP contribution in [0.2, 0.25) is 0 Å². The standard InChI is InChI=1S/C12H15F3N8O/c1-5-18-8(9(24)17-4-7(16)6-2-3-6)22-23(5)11-19-10(20-21-11)12(13,14)15/h6-7H,2-4,16H2,1H3,(H,17,24)(H,19,20,21). The third-order valence-corrected chi connectivity index (χ3v) is 3.63. The summed E-state index contributed by atoms with van der Waals surface area (Å²) in [5.41, 5.74) is 5.88. The van der Waals surface area contributed by atoms with Gasteiger partial charge in [-0.3, -0.25) is 9.89 Å². The van der Waals surface area contributed by atoms with Gasteiger partial charge in [0, 0.05) is 12.6 Å². The van der Waals surface area contributed by atoms with Crippen LogP contribution >= 0.6 is 0 Å². The third kappa shape index (κ3) is 3.37. The van der Waals surface area contributed by atoms with Crippen molar-refractivity contribution in [2.75, 3.05) is 6.54 Å². The van der Waals surface area contributed by atoms with Gasteiger partial charge in [0.1, 0.15) is 5.82 Å². The largest absolute Gasteiger partial charge is 0.451 e. The molecule has 0 spiro atoms. The molecule has 1 fully saturated rings. The van der Waals surface area contributed by atoms with Crippen molar-refractivity contribution in [2.45, 2.75) is 32.0 Å². The van der Waals surface area contributed by atoms with E-state index in [-0.39, 0.29) is 30.2 Å². The SMILES string of the molecule is Cc1nc(C(=O)NCC(N)C2CC2)nn1-c1n[nH]c(C(F)(F)F)n1. The summed E-state index contributed by atoms with van der Waals surface area (Å²) in [7, 11) is 0. The summed E-state index contributed by atoms with van der Waals surface area (Å²) >= 11 is 0. The van der Waals surface area contributed by atoms with Crippen LogP contribution in [-0.4, -0.2) is 48.4 Å². The molecule has 1 aliphatic rings. The summed E-state index contributed by atoms with van der Waals surface area (Å²) in [5.74, 6) is -1.74. The average Bonchev–Trinajstić information content (AvgIpc) is 3.10. The van der Waals surface area contributed by atoms with Gasteiger partial charge in [-0.1, -0.05) is 0 Å². The zero-order valence-electron chi connectivity index (χ0n) is 12.6. The molecule has 2 aromatic heterocycles. The molecule has 1 amide bonds. The molecule has 1 saturated carbocycles. The lowest BCUT2D eigenvalue weighted by Crippen LogP contribution is -2.38. The first-order valence-electron chi connectivity index (χ1n) is 7.23. The number of aromatic nitrogens is 6. The van der Waals surface area contributed by atoms with Crippen molar-refractivity contribution in [1.29, 1.82) is 0 Å². The number of hydrogen-bond donors (Lipinski definition) is 3. The van der Waals surface area contributed by atoms with Crippen LogP contribution in [0, 0.1) is 12.8 Å². The molecule has 0 aliphatic heterocycles. The van der Waals surface area contributed by atoms with Gasteiger partial charge in [0.15, 0.2) is 0 Å². The smallest absolute Gasteiger partial charge is 0.348 e. The van der Waals surface area contributed by atoms with Gasteiger partial charge >= 0.3 is 6.18 Å². The maximum absolute atomic E-state index is 12.5. The van der Waals surface area contributed by atoms with E-state index in [2.05, 4.69) is 25.5 Å². The number of aromatic amines is 1. The molecule has 12 heteroatoms. The molecule has 1 atom stereocenters. The molecule has 1 unspecified atom stereocenters. The molecule has 4 N–H and O–H groups in total. The number of amides is 1. The Morgan fingerprint density at radius 3 is 2.75 bits per heavy atom. The van der Waals surface area contributed by atoms with Crippen molar-refractivity contribution < 1.29 is 18.0 Å². The van der Waals surface area contributed by atoms with Gasteiger partial charge in [0.25, 0.3) is 11.9 Å².